The second-order valence-electron chi connectivity index (χ2n) is 5.56. The highest BCUT2D eigenvalue weighted by Crippen LogP contribution is 2.34. The highest BCUT2D eigenvalue weighted by Gasteiger charge is 2.17. The maximum Gasteiger partial charge on any atom is 0.234 e. The van der Waals surface area contributed by atoms with E-state index in [4.69, 9.17) is 16.0 Å². The molecule has 1 aromatic carbocycles. The van der Waals surface area contributed by atoms with Crippen molar-refractivity contribution in [1.29, 1.82) is 0 Å². The van der Waals surface area contributed by atoms with Gasteiger partial charge in [-0.3, -0.25) is 0 Å². The molecule has 4 rings (SSSR count). The van der Waals surface area contributed by atoms with E-state index in [-0.39, 0.29) is 0 Å². The molecule has 122 valence electrons. The fourth-order valence-electron chi connectivity index (χ4n) is 2.60. The molecule has 7 heteroatoms. The van der Waals surface area contributed by atoms with E-state index >= 15 is 0 Å². The molecule has 0 saturated carbocycles. The number of rotatable bonds is 4. The first kappa shape index (κ1) is 15.4. The third-order valence-corrected chi connectivity index (χ3v) is 4.99. The van der Waals surface area contributed by atoms with Gasteiger partial charge < -0.3 is 4.42 Å². The lowest BCUT2D eigenvalue weighted by Gasteiger charge is -1.95. The van der Waals surface area contributed by atoms with Crippen molar-refractivity contribution in [2.24, 2.45) is 0 Å². The minimum atomic E-state index is 0.708. The predicted molar refractivity (Wildman–Crippen MR) is 95.5 cm³/mol. The van der Waals surface area contributed by atoms with Crippen LogP contribution < -0.4 is 0 Å². The van der Waals surface area contributed by atoms with Gasteiger partial charge in [-0.15, -0.1) is 10.2 Å². The van der Waals surface area contributed by atoms with Crippen molar-refractivity contribution in [3.8, 4) is 21.9 Å². The summed E-state index contributed by atoms with van der Waals surface area (Å²) in [5, 5.41) is 14.7. The molecule has 0 aliphatic rings. The Balaban J connectivity index is 1.75. The maximum absolute atomic E-state index is 5.95. The van der Waals surface area contributed by atoms with Gasteiger partial charge in [0.05, 0.1) is 5.56 Å². The van der Waals surface area contributed by atoms with E-state index in [0.29, 0.717) is 5.02 Å². The number of aromatic nitrogens is 4. The van der Waals surface area contributed by atoms with Crippen LogP contribution in [0.5, 0.6) is 0 Å². The van der Waals surface area contributed by atoms with Gasteiger partial charge in [0.2, 0.25) is 4.96 Å². The molecule has 0 spiro atoms. The van der Waals surface area contributed by atoms with Crippen molar-refractivity contribution in [3.05, 3.63) is 46.9 Å². The quantitative estimate of drug-likeness (QED) is 0.513. The van der Waals surface area contributed by atoms with E-state index in [9.17, 15) is 0 Å². The Hall–Kier alpha value is -2.18. The van der Waals surface area contributed by atoms with Crippen LogP contribution in [0.25, 0.3) is 26.9 Å². The molecule has 24 heavy (non-hydrogen) atoms. The number of furan rings is 1. The van der Waals surface area contributed by atoms with Crippen LogP contribution in [0.3, 0.4) is 0 Å². The Bertz CT molecular complexity index is 1000. The molecule has 3 heterocycles. The molecule has 4 aromatic rings. The molecule has 0 N–H and O–H groups in total. The molecule has 0 atom stereocenters. The largest absolute Gasteiger partial charge is 0.461 e. The van der Waals surface area contributed by atoms with Gasteiger partial charge in [0.25, 0.3) is 0 Å². The zero-order chi connectivity index (χ0) is 16.7. The van der Waals surface area contributed by atoms with E-state index in [0.717, 1.165) is 51.3 Å². The molecular weight excluding hydrogens is 344 g/mol. The van der Waals surface area contributed by atoms with Gasteiger partial charge in [0.1, 0.15) is 11.5 Å². The topological polar surface area (TPSA) is 56.2 Å². The lowest BCUT2D eigenvalue weighted by atomic mass is 10.1. The van der Waals surface area contributed by atoms with Gasteiger partial charge >= 0.3 is 0 Å². The number of halogens is 1. The van der Waals surface area contributed by atoms with Gasteiger partial charge in [-0.1, -0.05) is 29.9 Å². The first-order chi connectivity index (χ1) is 11.7. The SMILES string of the molecule is CCCc1nnc2sc(-c3cc(-c4ccc(Cl)cc4)oc3C)nn12. The Morgan fingerprint density at radius 3 is 2.75 bits per heavy atom. The van der Waals surface area contributed by atoms with Crippen molar-refractivity contribution >= 4 is 27.9 Å². The van der Waals surface area contributed by atoms with E-state index in [1.807, 2.05) is 41.8 Å². The average Bonchev–Trinajstić information content (AvgIpc) is 3.24. The fourth-order valence-corrected chi connectivity index (χ4v) is 3.64. The van der Waals surface area contributed by atoms with Crippen molar-refractivity contribution in [1.82, 2.24) is 19.8 Å². The molecule has 0 aliphatic heterocycles. The van der Waals surface area contributed by atoms with Gasteiger partial charge in [0.15, 0.2) is 10.8 Å². The summed E-state index contributed by atoms with van der Waals surface area (Å²) in [5.74, 6) is 2.54. The molecule has 0 fully saturated rings. The molecule has 0 saturated heterocycles. The summed E-state index contributed by atoms with van der Waals surface area (Å²) in [6, 6.07) is 9.62. The zero-order valence-corrected chi connectivity index (χ0v) is 14.9. The number of hydrogen-bond donors (Lipinski definition) is 0. The van der Waals surface area contributed by atoms with Gasteiger partial charge in [-0.05, 0) is 43.7 Å². The van der Waals surface area contributed by atoms with Crippen LogP contribution in [0, 0.1) is 6.92 Å². The van der Waals surface area contributed by atoms with Gasteiger partial charge in [-0.2, -0.15) is 9.61 Å². The lowest BCUT2D eigenvalue weighted by Crippen LogP contribution is -1.95. The maximum atomic E-state index is 5.95. The number of benzene rings is 1. The average molecular weight is 359 g/mol. The minimum Gasteiger partial charge on any atom is -0.461 e. The summed E-state index contributed by atoms with van der Waals surface area (Å²) in [5.41, 5.74) is 1.97. The number of nitrogens with zero attached hydrogens (tertiary/aromatic N) is 4. The summed E-state index contributed by atoms with van der Waals surface area (Å²) >= 11 is 7.47. The number of hydrogen-bond acceptors (Lipinski definition) is 5. The highest BCUT2D eigenvalue weighted by atomic mass is 35.5. The molecular formula is C17H15ClN4OS. The summed E-state index contributed by atoms with van der Waals surface area (Å²) < 4.78 is 7.75. The number of aryl methyl sites for hydroxylation is 2. The van der Waals surface area contributed by atoms with Gasteiger partial charge in [-0.25, -0.2) is 0 Å². The third kappa shape index (κ3) is 2.61. The van der Waals surface area contributed by atoms with Crippen molar-refractivity contribution in [2.75, 3.05) is 0 Å². The second kappa shape index (κ2) is 6.03. The Kier molecular flexibility index (Phi) is 3.86. The van der Waals surface area contributed by atoms with Crippen LogP contribution in [0.15, 0.2) is 34.7 Å². The zero-order valence-electron chi connectivity index (χ0n) is 13.3. The molecule has 0 radical (unpaired) electrons. The first-order valence-electron chi connectivity index (χ1n) is 7.73. The van der Waals surface area contributed by atoms with Crippen molar-refractivity contribution < 1.29 is 4.42 Å². The minimum absolute atomic E-state index is 0.708. The monoisotopic (exact) mass is 358 g/mol. The summed E-state index contributed by atoms with van der Waals surface area (Å²) in [6.07, 6.45) is 1.88. The lowest BCUT2D eigenvalue weighted by molar-refractivity contribution is 0.549. The van der Waals surface area contributed by atoms with E-state index in [1.54, 1.807) is 0 Å². The molecule has 0 aliphatic carbocycles. The molecule has 0 unspecified atom stereocenters. The standard InChI is InChI=1S/C17H15ClN4OS/c1-3-4-15-19-20-17-22(15)21-16(24-17)13-9-14(23-10(13)2)11-5-7-12(18)8-6-11/h5-9H,3-4H2,1-2H3. The van der Waals surface area contributed by atoms with E-state index < -0.39 is 0 Å². The van der Waals surface area contributed by atoms with Crippen LogP contribution in [-0.4, -0.2) is 19.8 Å². The normalized spacial score (nSPS) is 11.5. The van der Waals surface area contributed by atoms with E-state index in [1.165, 1.54) is 11.3 Å². The molecule has 3 aromatic heterocycles. The van der Waals surface area contributed by atoms with Crippen molar-refractivity contribution in [3.63, 3.8) is 0 Å². The number of fused-ring (bicyclic) bond motifs is 1. The van der Waals surface area contributed by atoms with Crippen molar-refractivity contribution in [2.45, 2.75) is 26.7 Å². The summed E-state index contributed by atoms with van der Waals surface area (Å²) in [6.45, 7) is 4.07. The van der Waals surface area contributed by atoms with Crippen LogP contribution in [-0.2, 0) is 6.42 Å². The van der Waals surface area contributed by atoms with Crippen LogP contribution >= 0.6 is 22.9 Å². The van der Waals surface area contributed by atoms with Crippen LogP contribution in [0.4, 0.5) is 0 Å². The third-order valence-electron chi connectivity index (χ3n) is 3.81. The Labute approximate surface area is 147 Å². The van der Waals surface area contributed by atoms with Crippen LogP contribution in [0.1, 0.15) is 24.9 Å². The Morgan fingerprint density at radius 1 is 1.21 bits per heavy atom. The highest BCUT2D eigenvalue weighted by molar-refractivity contribution is 7.19. The van der Waals surface area contributed by atoms with Gasteiger partial charge in [0, 0.05) is 17.0 Å². The smallest absolute Gasteiger partial charge is 0.234 e. The predicted octanol–water partition coefficient (Wildman–Crippen LogP) is 5.03. The fraction of sp³-hybridized carbons (Fsp3) is 0.235. The van der Waals surface area contributed by atoms with Crippen LogP contribution in [0.2, 0.25) is 5.02 Å². The summed E-state index contributed by atoms with van der Waals surface area (Å²) in [4.78, 5) is 0.807. The Morgan fingerprint density at radius 2 is 2.00 bits per heavy atom. The molecule has 0 amide bonds. The second-order valence-corrected chi connectivity index (χ2v) is 6.95. The summed E-state index contributed by atoms with van der Waals surface area (Å²) in [7, 11) is 0. The van der Waals surface area contributed by atoms with E-state index in [2.05, 4.69) is 22.2 Å². The molecule has 5 nitrogen and oxygen atoms in total. The first-order valence-corrected chi connectivity index (χ1v) is 8.93. The molecule has 0 bridgehead atoms.